The standard InChI is InChI=1S/C14H12F2N2O/c1-8-2-4-10(7-13(8)17)18-14(19)9-3-5-11(15)12(16)6-9/h2-7H,17H2,1H3,(H,18,19). The molecule has 98 valence electrons. The fraction of sp³-hybridized carbons (Fsp3) is 0.0714. The highest BCUT2D eigenvalue weighted by Gasteiger charge is 2.10. The molecule has 0 aromatic heterocycles. The number of nitrogens with one attached hydrogen (secondary N) is 1. The van der Waals surface area contributed by atoms with Crippen LogP contribution < -0.4 is 11.1 Å². The maximum Gasteiger partial charge on any atom is 0.255 e. The van der Waals surface area contributed by atoms with Crippen LogP contribution in [0.3, 0.4) is 0 Å². The summed E-state index contributed by atoms with van der Waals surface area (Å²) in [5.41, 5.74) is 7.69. The van der Waals surface area contributed by atoms with Crippen molar-refractivity contribution in [1.82, 2.24) is 0 Å². The fourth-order valence-electron chi connectivity index (χ4n) is 1.56. The summed E-state index contributed by atoms with van der Waals surface area (Å²) >= 11 is 0. The molecule has 2 aromatic rings. The largest absolute Gasteiger partial charge is 0.398 e. The first kappa shape index (κ1) is 13.0. The van der Waals surface area contributed by atoms with Gasteiger partial charge in [-0.3, -0.25) is 4.79 Å². The van der Waals surface area contributed by atoms with Crippen molar-refractivity contribution in [2.45, 2.75) is 6.92 Å². The third-order valence-corrected chi connectivity index (χ3v) is 2.72. The minimum Gasteiger partial charge on any atom is -0.398 e. The van der Waals surface area contributed by atoms with Crippen molar-refractivity contribution in [3.8, 4) is 0 Å². The van der Waals surface area contributed by atoms with Gasteiger partial charge in [0.25, 0.3) is 5.91 Å². The van der Waals surface area contributed by atoms with Gasteiger partial charge in [-0.2, -0.15) is 0 Å². The monoisotopic (exact) mass is 262 g/mol. The number of benzene rings is 2. The summed E-state index contributed by atoms with van der Waals surface area (Å²) in [6.45, 7) is 1.84. The number of carbonyl (C=O) groups is 1. The SMILES string of the molecule is Cc1ccc(NC(=O)c2ccc(F)c(F)c2)cc1N. The first-order valence-corrected chi connectivity index (χ1v) is 5.60. The highest BCUT2D eigenvalue weighted by Crippen LogP contribution is 2.18. The van der Waals surface area contributed by atoms with Crippen molar-refractivity contribution in [3.63, 3.8) is 0 Å². The van der Waals surface area contributed by atoms with E-state index < -0.39 is 17.5 Å². The van der Waals surface area contributed by atoms with E-state index in [-0.39, 0.29) is 5.56 Å². The molecule has 0 heterocycles. The molecule has 0 radical (unpaired) electrons. The van der Waals surface area contributed by atoms with E-state index in [9.17, 15) is 13.6 Å². The van der Waals surface area contributed by atoms with Crippen molar-refractivity contribution in [1.29, 1.82) is 0 Å². The number of hydrogen-bond acceptors (Lipinski definition) is 2. The van der Waals surface area contributed by atoms with Gasteiger partial charge in [0.2, 0.25) is 0 Å². The molecule has 19 heavy (non-hydrogen) atoms. The molecular weight excluding hydrogens is 250 g/mol. The lowest BCUT2D eigenvalue weighted by atomic mass is 10.1. The number of hydrogen-bond donors (Lipinski definition) is 2. The molecule has 0 spiro atoms. The number of halogens is 2. The smallest absolute Gasteiger partial charge is 0.255 e. The zero-order valence-electron chi connectivity index (χ0n) is 10.2. The van der Waals surface area contributed by atoms with E-state index in [0.717, 1.165) is 17.7 Å². The normalized spacial score (nSPS) is 10.3. The number of carbonyl (C=O) groups excluding carboxylic acids is 1. The van der Waals surface area contributed by atoms with Gasteiger partial charge in [-0.15, -0.1) is 0 Å². The van der Waals surface area contributed by atoms with Crippen LogP contribution in [0, 0.1) is 18.6 Å². The summed E-state index contributed by atoms with van der Waals surface area (Å²) in [7, 11) is 0. The number of rotatable bonds is 2. The van der Waals surface area contributed by atoms with Crippen molar-refractivity contribution >= 4 is 17.3 Å². The van der Waals surface area contributed by atoms with Crippen molar-refractivity contribution in [2.24, 2.45) is 0 Å². The summed E-state index contributed by atoms with van der Waals surface area (Å²) in [4.78, 5) is 11.8. The first-order valence-electron chi connectivity index (χ1n) is 5.60. The molecule has 0 aliphatic carbocycles. The summed E-state index contributed by atoms with van der Waals surface area (Å²) < 4.78 is 25.8. The van der Waals surface area contributed by atoms with Gasteiger partial charge in [0.1, 0.15) is 0 Å². The predicted octanol–water partition coefficient (Wildman–Crippen LogP) is 3.11. The summed E-state index contributed by atoms with van der Waals surface area (Å²) in [5, 5.41) is 2.56. The van der Waals surface area contributed by atoms with E-state index in [4.69, 9.17) is 5.73 Å². The van der Waals surface area contributed by atoms with E-state index >= 15 is 0 Å². The molecule has 2 aromatic carbocycles. The van der Waals surface area contributed by atoms with Crippen LogP contribution in [0.5, 0.6) is 0 Å². The highest BCUT2D eigenvalue weighted by molar-refractivity contribution is 6.04. The molecule has 5 heteroatoms. The van der Waals surface area contributed by atoms with Gasteiger partial charge >= 0.3 is 0 Å². The molecule has 0 unspecified atom stereocenters. The second kappa shape index (κ2) is 5.06. The number of amides is 1. The number of nitrogen functional groups attached to an aromatic ring is 1. The first-order chi connectivity index (χ1) is 8.97. The molecule has 0 bridgehead atoms. The lowest BCUT2D eigenvalue weighted by Crippen LogP contribution is -2.12. The number of anilines is 2. The summed E-state index contributed by atoms with van der Waals surface area (Å²) in [6.07, 6.45) is 0. The molecule has 0 aliphatic rings. The Morgan fingerprint density at radius 2 is 1.84 bits per heavy atom. The Morgan fingerprint density at radius 3 is 2.47 bits per heavy atom. The maximum atomic E-state index is 13.0. The Kier molecular flexibility index (Phi) is 3.46. The average molecular weight is 262 g/mol. The second-order valence-electron chi connectivity index (χ2n) is 4.15. The molecule has 1 amide bonds. The second-order valence-corrected chi connectivity index (χ2v) is 4.15. The lowest BCUT2D eigenvalue weighted by molar-refractivity contribution is 0.102. The van der Waals surface area contributed by atoms with Crippen LogP contribution in [-0.2, 0) is 0 Å². The Morgan fingerprint density at radius 1 is 1.11 bits per heavy atom. The van der Waals surface area contributed by atoms with Gasteiger partial charge in [-0.1, -0.05) is 6.07 Å². The van der Waals surface area contributed by atoms with Crippen LogP contribution in [0.4, 0.5) is 20.2 Å². The van der Waals surface area contributed by atoms with Gasteiger partial charge in [0, 0.05) is 16.9 Å². The van der Waals surface area contributed by atoms with Gasteiger partial charge in [-0.25, -0.2) is 8.78 Å². The van der Waals surface area contributed by atoms with Crippen LogP contribution in [0.25, 0.3) is 0 Å². The predicted molar refractivity (Wildman–Crippen MR) is 69.9 cm³/mol. The molecule has 0 fully saturated rings. The van der Waals surface area contributed by atoms with Crippen molar-refractivity contribution < 1.29 is 13.6 Å². The molecule has 0 atom stereocenters. The molecule has 3 N–H and O–H groups in total. The zero-order chi connectivity index (χ0) is 14.0. The minimum absolute atomic E-state index is 0.0399. The van der Waals surface area contributed by atoms with Gasteiger partial charge in [0.15, 0.2) is 11.6 Å². The lowest BCUT2D eigenvalue weighted by Gasteiger charge is -2.07. The highest BCUT2D eigenvalue weighted by atomic mass is 19.2. The summed E-state index contributed by atoms with van der Waals surface area (Å²) in [6, 6.07) is 8.02. The van der Waals surface area contributed by atoms with Gasteiger partial charge in [-0.05, 0) is 42.8 Å². The molecular formula is C14H12F2N2O. The van der Waals surface area contributed by atoms with E-state index in [1.54, 1.807) is 18.2 Å². The fourth-order valence-corrected chi connectivity index (χ4v) is 1.56. The van der Waals surface area contributed by atoms with Crippen LogP contribution in [0.15, 0.2) is 36.4 Å². The van der Waals surface area contributed by atoms with Crippen molar-refractivity contribution in [2.75, 3.05) is 11.1 Å². The van der Waals surface area contributed by atoms with E-state index in [2.05, 4.69) is 5.32 Å². The average Bonchev–Trinajstić information content (AvgIpc) is 2.37. The third kappa shape index (κ3) is 2.88. The van der Waals surface area contributed by atoms with Crippen molar-refractivity contribution in [3.05, 3.63) is 59.2 Å². The Balaban J connectivity index is 2.20. The summed E-state index contributed by atoms with van der Waals surface area (Å²) in [5.74, 6) is -2.57. The Labute approximate surface area is 109 Å². The number of aryl methyl sites for hydroxylation is 1. The zero-order valence-corrected chi connectivity index (χ0v) is 10.2. The quantitative estimate of drug-likeness (QED) is 0.817. The van der Waals surface area contributed by atoms with Crippen LogP contribution in [-0.4, -0.2) is 5.91 Å². The Bertz CT molecular complexity index is 641. The molecule has 0 aliphatic heterocycles. The maximum absolute atomic E-state index is 13.0. The molecule has 0 saturated heterocycles. The van der Waals surface area contributed by atoms with E-state index in [1.807, 2.05) is 6.92 Å². The Hall–Kier alpha value is -2.43. The van der Waals surface area contributed by atoms with E-state index in [0.29, 0.717) is 11.4 Å². The molecule has 0 saturated carbocycles. The number of nitrogens with two attached hydrogens (primary N) is 1. The van der Waals surface area contributed by atoms with Crippen LogP contribution in [0.2, 0.25) is 0 Å². The molecule has 2 rings (SSSR count). The topological polar surface area (TPSA) is 55.1 Å². The van der Waals surface area contributed by atoms with Gasteiger partial charge < -0.3 is 11.1 Å². The van der Waals surface area contributed by atoms with Gasteiger partial charge in [0.05, 0.1) is 0 Å². The van der Waals surface area contributed by atoms with Crippen LogP contribution in [0.1, 0.15) is 15.9 Å². The van der Waals surface area contributed by atoms with E-state index in [1.165, 1.54) is 6.07 Å². The minimum atomic E-state index is -1.06. The third-order valence-electron chi connectivity index (χ3n) is 2.72. The van der Waals surface area contributed by atoms with Crippen LogP contribution >= 0.6 is 0 Å². The molecule has 3 nitrogen and oxygen atoms in total.